The summed E-state index contributed by atoms with van der Waals surface area (Å²) in [6.45, 7) is 7.41. The molecule has 0 N–H and O–H groups in total. The monoisotopic (exact) mass is 290 g/mol. The third-order valence-corrected chi connectivity index (χ3v) is 7.59. The van der Waals surface area contributed by atoms with Gasteiger partial charge in [0.25, 0.3) is 0 Å². The standard InChI is InChI=1S/C21H38/c1-16-4-6-17(7-5-16)18-8-10-19(11-9-18)20-12-14-21(2,3)15-13-20/h16-20H,4-15H2,1-3H3. The zero-order valence-electron chi connectivity index (χ0n) is 14.9. The molecular weight excluding hydrogens is 252 g/mol. The van der Waals surface area contributed by atoms with Crippen LogP contribution in [0.4, 0.5) is 0 Å². The fourth-order valence-electron chi connectivity index (χ4n) is 5.74. The Kier molecular flexibility index (Phi) is 5.01. The van der Waals surface area contributed by atoms with E-state index in [2.05, 4.69) is 20.8 Å². The van der Waals surface area contributed by atoms with Crippen LogP contribution in [0.15, 0.2) is 0 Å². The quantitative estimate of drug-likeness (QED) is 0.522. The van der Waals surface area contributed by atoms with E-state index in [0.29, 0.717) is 5.41 Å². The van der Waals surface area contributed by atoms with Crippen molar-refractivity contribution in [1.82, 2.24) is 0 Å². The Balaban J connectivity index is 1.43. The van der Waals surface area contributed by atoms with E-state index in [1.165, 1.54) is 38.5 Å². The van der Waals surface area contributed by atoms with Crippen LogP contribution in [0.1, 0.15) is 97.8 Å². The second-order valence-corrected chi connectivity index (χ2v) is 9.70. The molecule has 0 nitrogen and oxygen atoms in total. The molecule has 0 aliphatic heterocycles. The third kappa shape index (κ3) is 4.05. The predicted octanol–water partition coefficient (Wildman–Crippen LogP) is 6.84. The van der Waals surface area contributed by atoms with E-state index < -0.39 is 0 Å². The lowest BCUT2D eigenvalue weighted by Gasteiger charge is -2.42. The Labute approximate surface area is 133 Å². The zero-order valence-corrected chi connectivity index (χ0v) is 14.9. The van der Waals surface area contributed by atoms with Gasteiger partial charge in [0.15, 0.2) is 0 Å². The average Bonchev–Trinajstić information content (AvgIpc) is 2.48. The van der Waals surface area contributed by atoms with E-state index in [-0.39, 0.29) is 0 Å². The van der Waals surface area contributed by atoms with Crippen molar-refractivity contribution in [2.75, 3.05) is 0 Å². The van der Waals surface area contributed by atoms with Crippen LogP contribution in [0.2, 0.25) is 0 Å². The second kappa shape index (κ2) is 6.63. The maximum absolute atomic E-state index is 2.48. The van der Waals surface area contributed by atoms with E-state index >= 15 is 0 Å². The van der Waals surface area contributed by atoms with E-state index in [0.717, 1.165) is 29.6 Å². The van der Waals surface area contributed by atoms with Gasteiger partial charge in [-0.15, -0.1) is 0 Å². The molecule has 0 spiro atoms. The summed E-state index contributed by atoms with van der Waals surface area (Å²) in [4.78, 5) is 0. The molecule has 3 aliphatic rings. The van der Waals surface area contributed by atoms with Crippen molar-refractivity contribution in [1.29, 1.82) is 0 Å². The summed E-state index contributed by atoms with van der Waals surface area (Å²) >= 11 is 0. The lowest BCUT2D eigenvalue weighted by molar-refractivity contribution is 0.0901. The normalized spacial score (nSPS) is 41.9. The van der Waals surface area contributed by atoms with Gasteiger partial charge in [0.2, 0.25) is 0 Å². The Morgan fingerprint density at radius 3 is 1.29 bits per heavy atom. The summed E-state index contributed by atoms with van der Waals surface area (Å²) in [6.07, 6.45) is 18.5. The van der Waals surface area contributed by atoms with E-state index in [9.17, 15) is 0 Å². The van der Waals surface area contributed by atoms with Gasteiger partial charge in [0.1, 0.15) is 0 Å². The Hall–Kier alpha value is 0. The third-order valence-electron chi connectivity index (χ3n) is 7.59. The maximum Gasteiger partial charge on any atom is -0.0354 e. The average molecular weight is 291 g/mol. The van der Waals surface area contributed by atoms with Crippen molar-refractivity contribution in [3.63, 3.8) is 0 Å². The molecule has 21 heavy (non-hydrogen) atoms. The number of hydrogen-bond acceptors (Lipinski definition) is 0. The lowest BCUT2D eigenvalue weighted by atomic mass is 9.63. The molecule has 0 saturated heterocycles. The van der Waals surface area contributed by atoms with Crippen molar-refractivity contribution in [2.24, 2.45) is 35.0 Å². The summed E-state index contributed by atoms with van der Waals surface area (Å²) in [6, 6.07) is 0. The molecule has 0 heterocycles. The number of rotatable bonds is 2. The molecule has 0 bridgehead atoms. The van der Waals surface area contributed by atoms with Crippen LogP contribution < -0.4 is 0 Å². The van der Waals surface area contributed by atoms with Gasteiger partial charge < -0.3 is 0 Å². The highest BCUT2D eigenvalue weighted by atomic mass is 14.4. The summed E-state index contributed by atoms with van der Waals surface area (Å²) in [5.41, 5.74) is 0.645. The summed E-state index contributed by atoms with van der Waals surface area (Å²) in [5, 5.41) is 0. The first kappa shape index (κ1) is 15.9. The molecule has 3 rings (SSSR count). The summed E-state index contributed by atoms with van der Waals surface area (Å²) in [7, 11) is 0. The first-order valence-corrected chi connectivity index (χ1v) is 10.0. The molecule has 0 heteroatoms. The van der Waals surface area contributed by atoms with Gasteiger partial charge in [-0.05, 0) is 99.2 Å². The van der Waals surface area contributed by atoms with Crippen molar-refractivity contribution in [2.45, 2.75) is 97.8 Å². The first-order valence-electron chi connectivity index (χ1n) is 10.0. The Bertz CT molecular complexity index is 303. The molecule has 0 atom stereocenters. The van der Waals surface area contributed by atoms with Crippen molar-refractivity contribution in [3.8, 4) is 0 Å². The smallest absolute Gasteiger partial charge is 0.0354 e. The first-order chi connectivity index (χ1) is 10.0. The fraction of sp³-hybridized carbons (Fsp3) is 1.00. The largest absolute Gasteiger partial charge is 0.0625 e. The van der Waals surface area contributed by atoms with Gasteiger partial charge in [-0.25, -0.2) is 0 Å². The highest BCUT2D eigenvalue weighted by Gasteiger charge is 2.35. The van der Waals surface area contributed by atoms with Gasteiger partial charge in [0, 0.05) is 0 Å². The van der Waals surface area contributed by atoms with Gasteiger partial charge in [-0.2, -0.15) is 0 Å². The van der Waals surface area contributed by atoms with Crippen LogP contribution >= 0.6 is 0 Å². The topological polar surface area (TPSA) is 0 Å². The SMILES string of the molecule is CC1CCC(C2CCC(C3CCC(C)(C)CC3)CC2)CC1. The predicted molar refractivity (Wildman–Crippen MR) is 92.3 cm³/mol. The minimum absolute atomic E-state index is 0.645. The molecule has 0 aromatic carbocycles. The molecule has 0 amide bonds. The van der Waals surface area contributed by atoms with Crippen LogP contribution in [-0.2, 0) is 0 Å². The second-order valence-electron chi connectivity index (χ2n) is 9.70. The summed E-state index contributed by atoms with van der Waals surface area (Å²) < 4.78 is 0. The van der Waals surface area contributed by atoms with Crippen LogP contribution in [0, 0.1) is 35.0 Å². The van der Waals surface area contributed by atoms with Crippen molar-refractivity contribution in [3.05, 3.63) is 0 Å². The van der Waals surface area contributed by atoms with Crippen LogP contribution in [-0.4, -0.2) is 0 Å². The van der Waals surface area contributed by atoms with Crippen LogP contribution in [0.25, 0.3) is 0 Å². The molecule has 0 aromatic heterocycles. The lowest BCUT2D eigenvalue weighted by Crippen LogP contribution is -2.31. The highest BCUT2D eigenvalue weighted by molar-refractivity contribution is 4.87. The Morgan fingerprint density at radius 2 is 0.857 bits per heavy atom. The minimum atomic E-state index is 0.645. The van der Waals surface area contributed by atoms with Crippen molar-refractivity contribution < 1.29 is 0 Å². The maximum atomic E-state index is 2.48. The van der Waals surface area contributed by atoms with Gasteiger partial charge in [-0.1, -0.05) is 33.6 Å². The van der Waals surface area contributed by atoms with Crippen LogP contribution in [0.5, 0.6) is 0 Å². The molecule has 3 aliphatic carbocycles. The van der Waals surface area contributed by atoms with Crippen molar-refractivity contribution >= 4 is 0 Å². The minimum Gasteiger partial charge on any atom is -0.0625 e. The highest BCUT2D eigenvalue weighted by Crippen LogP contribution is 2.47. The fourth-order valence-corrected chi connectivity index (χ4v) is 5.74. The van der Waals surface area contributed by atoms with Gasteiger partial charge in [0.05, 0.1) is 0 Å². The molecule has 0 unspecified atom stereocenters. The molecule has 3 saturated carbocycles. The summed E-state index contributed by atoms with van der Waals surface area (Å²) in [5.74, 6) is 5.41. The van der Waals surface area contributed by atoms with Gasteiger partial charge >= 0.3 is 0 Å². The molecule has 0 radical (unpaired) electrons. The van der Waals surface area contributed by atoms with Crippen LogP contribution in [0.3, 0.4) is 0 Å². The van der Waals surface area contributed by atoms with E-state index in [4.69, 9.17) is 0 Å². The molecule has 3 fully saturated rings. The van der Waals surface area contributed by atoms with E-state index in [1.807, 2.05) is 0 Å². The van der Waals surface area contributed by atoms with E-state index in [1.54, 1.807) is 38.5 Å². The zero-order chi connectivity index (χ0) is 14.9. The molecule has 122 valence electrons. The number of hydrogen-bond donors (Lipinski definition) is 0. The Morgan fingerprint density at radius 1 is 0.524 bits per heavy atom. The molecular formula is C21H38. The molecule has 0 aromatic rings. The van der Waals surface area contributed by atoms with Gasteiger partial charge in [-0.3, -0.25) is 0 Å².